The summed E-state index contributed by atoms with van der Waals surface area (Å²) in [7, 11) is 0. The van der Waals surface area contributed by atoms with Gasteiger partial charge in [0.05, 0.1) is 9.85 Å². The average molecular weight is 198 g/mol. The SMILES string of the molecule is Cc1c([N+](=O)[O-])cc([15NH2])cc1[N+](=O)[O-]. The maximum atomic E-state index is 10.5. The molecule has 0 saturated heterocycles. The van der Waals surface area contributed by atoms with Gasteiger partial charge in [0.1, 0.15) is 5.56 Å². The van der Waals surface area contributed by atoms with E-state index in [0.717, 1.165) is 12.1 Å². The molecule has 1 aromatic rings. The van der Waals surface area contributed by atoms with E-state index in [1.54, 1.807) is 0 Å². The number of nitrogens with two attached hydrogens (primary N) is 1. The van der Waals surface area contributed by atoms with Crippen LogP contribution < -0.4 is 5.73 Å². The highest BCUT2D eigenvalue weighted by molar-refractivity contribution is 5.62. The lowest BCUT2D eigenvalue weighted by molar-refractivity contribution is -0.395. The molecule has 1 rings (SSSR count). The first-order valence-electron chi connectivity index (χ1n) is 3.62. The molecule has 0 aliphatic carbocycles. The van der Waals surface area contributed by atoms with Gasteiger partial charge in [0.2, 0.25) is 0 Å². The molecule has 0 bridgehead atoms. The number of benzene rings is 1. The van der Waals surface area contributed by atoms with E-state index in [1.165, 1.54) is 6.92 Å². The van der Waals surface area contributed by atoms with Crippen molar-refractivity contribution in [3.8, 4) is 0 Å². The summed E-state index contributed by atoms with van der Waals surface area (Å²) in [6.07, 6.45) is 0. The first-order chi connectivity index (χ1) is 6.43. The van der Waals surface area contributed by atoms with Crippen molar-refractivity contribution in [2.24, 2.45) is 0 Å². The molecular weight excluding hydrogens is 191 g/mol. The Morgan fingerprint density at radius 2 is 1.50 bits per heavy atom. The summed E-state index contributed by atoms with van der Waals surface area (Å²) in [6.45, 7) is 1.32. The Labute approximate surface area is 78.4 Å². The minimum Gasteiger partial charge on any atom is -0.398 e. The number of nitro benzene ring substituents is 2. The molecule has 14 heavy (non-hydrogen) atoms. The van der Waals surface area contributed by atoms with Crippen molar-refractivity contribution in [3.63, 3.8) is 0 Å². The van der Waals surface area contributed by atoms with Crippen LogP contribution in [0.1, 0.15) is 5.56 Å². The molecule has 0 fully saturated rings. The fourth-order valence-corrected chi connectivity index (χ4v) is 1.08. The molecule has 0 spiro atoms. The third-order valence-electron chi connectivity index (χ3n) is 1.77. The van der Waals surface area contributed by atoms with Gasteiger partial charge in [-0.05, 0) is 6.92 Å². The zero-order chi connectivity index (χ0) is 10.9. The second kappa shape index (κ2) is 3.29. The maximum Gasteiger partial charge on any atom is 0.281 e. The number of rotatable bonds is 2. The molecule has 2 N–H and O–H groups in total. The van der Waals surface area contributed by atoms with Crippen LogP contribution in [0.3, 0.4) is 0 Å². The molecule has 7 heteroatoms. The Morgan fingerprint density at radius 1 is 1.14 bits per heavy atom. The zero-order valence-electron chi connectivity index (χ0n) is 7.26. The van der Waals surface area contributed by atoms with Crippen LogP contribution in [0.25, 0.3) is 0 Å². The van der Waals surface area contributed by atoms with Gasteiger partial charge in [0.15, 0.2) is 0 Å². The monoisotopic (exact) mass is 198 g/mol. The minimum atomic E-state index is -0.696. The predicted octanol–water partition coefficient (Wildman–Crippen LogP) is 1.39. The van der Waals surface area contributed by atoms with Crippen molar-refractivity contribution in [1.29, 1.82) is 0 Å². The van der Waals surface area contributed by atoms with Gasteiger partial charge in [-0.3, -0.25) is 20.2 Å². The Hall–Kier alpha value is -2.18. The third-order valence-corrected chi connectivity index (χ3v) is 1.77. The molecular formula is C7H7N3O4. The highest BCUT2D eigenvalue weighted by Crippen LogP contribution is 2.30. The van der Waals surface area contributed by atoms with E-state index in [2.05, 4.69) is 0 Å². The van der Waals surface area contributed by atoms with Crippen molar-refractivity contribution < 1.29 is 9.85 Å². The molecule has 0 aliphatic heterocycles. The van der Waals surface area contributed by atoms with Gasteiger partial charge in [-0.1, -0.05) is 0 Å². The Morgan fingerprint density at radius 3 is 1.79 bits per heavy atom. The normalized spacial score (nSPS) is 9.79. The molecule has 0 saturated carbocycles. The van der Waals surface area contributed by atoms with E-state index >= 15 is 0 Å². The summed E-state index contributed by atoms with van der Waals surface area (Å²) in [6, 6.07) is 2.20. The van der Waals surface area contributed by atoms with Crippen molar-refractivity contribution in [1.82, 2.24) is 0 Å². The predicted molar refractivity (Wildman–Crippen MR) is 48.9 cm³/mol. The molecule has 7 nitrogen and oxygen atoms in total. The van der Waals surface area contributed by atoms with Crippen LogP contribution in [0.2, 0.25) is 0 Å². The van der Waals surface area contributed by atoms with Crippen molar-refractivity contribution >= 4 is 17.1 Å². The number of hydrogen-bond donors (Lipinski definition) is 1. The minimum absolute atomic E-state index is 0.00833. The van der Waals surface area contributed by atoms with Crippen LogP contribution in [0, 0.1) is 27.2 Å². The zero-order valence-corrected chi connectivity index (χ0v) is 7.26. The maximum absolute atomic E-state index is 10.5. The summed E-state index contributed by atoms with van der Waals surface area (Å²) in [4.78, 5) is 19.6. The average Bonchev–Trinajstić information content (AvgIpc) is 2.07. The lowest BCUT2D eigenvalue weighted by Gasteiger charge is -2.00. The van der Waals surface area contributed by atoms with E-state index in [9.17, 15) is 20.2 Å². The van der Waals surface area contributed by atoms with E-state index in [-0.39, 0.29) is 22.6 Å². The quantitative estimate of drug-likeness (QED) is 0.334. The largest absolute Gasteiger partial charge is 0.398 e. The third kappa shape index (κ3) is 1.60. The smallest absolute Gasteiger partial charge is 0.281 e. The first kappa shape index (κ1) is 9.90. The Kier molecular flexibility index (Phi) is 2.32. The number of hydrogen-bond acceptors (Lipinski definition) is 5. The number of nitrogen functional groups attached to an aromatic ring is 1. The van der Waals surface area contributed by atoms with Crippen LogP contribution in [0.5, 0.6) is 0 Å². The van der Waals surface area contributed by atoms with Gasteiger partial charge >= 0.3 is 0 Å². The summed E-state index contributed by atoms with van der Waals surface area (Å²) in [5, 5.41) is 21.0. The standard InChI is InChI=1S/C7H7N3O4/c1-4-6(9(11)12)2-5(8)3-7(4)10(13)14/h2-3H,8H2,1H3/i8+1. The molecule has 0 aromatic heterocycles. The molecule has 0 atom stereocenters. The molecule has 1 aromatic carbocycles. The molecule has 0 radical (unpaired) electrons. The van der Waals surface area contributed by atoms with Crippen LogP contribution in [-0.2, 0) is 0 Å². The second-order valence-corrected chi connectivity index (χ2v) is 2.70. The number of anilines is 1. The van der Waals surface area contributed by atoms with Gasteiger partial charge in [-0.15, -0.1) is 0 Å². The summed E-state index contributed by atoms with van der Waals surface area (Å²) in [5.41, 5.74) is 4.64. The van der Waals surface area contributed by atoms with Gasteiger partial charge in [0.25, 0.3) is 11.4 Å². The van der Waals surface area contributed by atoms with E-state index in [1.807, 2.05) is 0 Å². The van der Waals surface area contributed by atoms with Crippen molar-refractivity contribution in [3.05, 3.63) is 37.9 Å². The molecule has 0 heterocycles. The topological polar surface area (TPSA) is 112 Å². The first-order valence-corrected chi connectivity index (χ1v) is 3.62. The Bertz CT molecular complexity index is 380. The van der Waals surface area contributed by atoms with Crippen LogP contribution >= 0.6 is 0 Å². The Balaban J connectivity index is 3.47. The molecule has 0 unspecified atom stereocenters. The lowest BCUT2D eigenvalue weighted by Crippen LogP contribution is -1.99. The lowest BCUT2D eigenvalue weighted by atomic mass is 10.1. The molecule has 0 aliphatic rings. The highest BCUT2D eigenvalue weighted by atomic mass is 16.6. The fraction of sp³-hybridized carbons (Fsp3) is 0.143. The van der Waals surface area contributed by atoms with Gasteiger partial charge < -0.3 is 5.73 Å². The van der Waals surface area contributed by atoms with Crippen LogP contribution in [-0.4, -0.2) is 9.85 Å². The van der Waals surface area contributed by atoms with Gasteiger partial charge in [0, 0.05) is 17.8 Å². The van der Waals surface area contributed by atoms with Crippen molar-refractivity contribution in [2.45, 2.75) is 6.92 Å². The highest BCUT2D eigenvalue weighted by Gasteiger charge is 2.21. The number of nitrogens with zero attached hydrogens (tertiary/aromatic N) is 2. The van der Waals surface area contributed by atoms with E-state index < -0.39 is 9.85 Å². The van der Waals surface area contributed by atoms with E-state index in [4.69, 9.17) is 5.73 Å². The van der Waals surface area contributed by atoms with Crippen LogP contribution in [0.15, 0.2) is 12.1 Å². The summed E-state index contributed by atoms with van der Waals surface area (Å²) >= 11 is 0. The molecule has 0 amide bonds. The summed E-state index contributed by atoms with van der Waals surface area (Å²) < 4.78 is 0. The van der Waals surface area contributed by atoms with Crippen LogP contribution in [0.4, 0.5) is 17.1 Å². The van der Waals surface area contributed by atoms with E-state index in [0.29, 0.717) is 0 Å². The van der Waals surface area contributed by atoms with Gasteiger partial charge in [-0.2, -0.15) is 0 Å². The molecule has 74 valence electrons. The number of nitro groups is 2. The van der Waals surface area contributed by atoms with Gasteiger partial charge in [-0.25, -0.2) is 0 Å². The fourth-order valence-electron chi connectivity index (χ4n) is 1.08. The second-order valence-electron chi connectivity index (χ2n) is 2.70. The van der Waals surface area contributed by atoms with Crippen molar-refractivity contribution in [2.75, 3.05) is 5.73 Å². The summed E-state index contributed by atoms with van der Waals surface area (Å²) in [5.74, 6) is 0.